The fourth-order valence-electron chi connectivity index (χ4n) is 3.61. The van der Waals surface area contributed by atoms with Gasteiger partial charge in [0.25, 0.3) is 11.7 Å². The second-order valence-electron chi connectivity index (χ2n) is 7.05. The Morgan fingerprint density at radius 2 is 1.71 bits per heavy atom. The molecule has 1 atom stereocenters. The number of carbonyl (C=O) groups is 2. The first kappa shape index (κ1) is 22.5. The van der Waals surface area contributed by atoms with Crippen molar-refractivity contribution in [2.45, 2.75) is 26.3 Å². The van der Waals surface area contributed by atoms with Gasteiger partial charge >= 0.3 is 0 Å². The summed E-state index contributed by atoms with van der Waals surface area (Å²) in [5.74, 6) is -1.53. The summed E-state index contributed by atoms with van der Waals surface area (Å²) in [4.78, 5) is 27.1. The molecule has 31 heavy (non-hydrogen) atoms. The van der Waals surface area contributed by atoms with Crippen molar-refractivity contribution in [1.82, 2.24) is 4.90 Å². The van der Waals surface area contributed by atoms with E-state index in [4.69, 9.17) is 9.47 Å². The van der Waals surface area contributed by atoms with Crippen molar-refractivity contribution in [1.29, 1.82) is 0 Å². The van der Waals surface area contributed by atoms with Crippen LogP contribution in [0.5, 0.6) is 5.75 Å². The topological polar surface area (TPSA) is 76.1 Å². The Bertz CT molecular complexity index is 953. The van der Waals surface area contributed by atoms with E-state index in [2.05, 4.69) is 0 Å². The standard InChI is InChI=1S/C24H26FNO5/c1-3-30-15-5-14-26-21(16-6-10-18(25)11-7-16)20(23(28)24(26)29)22(27)17-8-12-19(13-9-17)31-4-2/h6-13,21,27H,3-5,14-15H2,1-2H3. The molecule has 1 heterocycles. The highest BCUT2D eigenvalue weighted by atomic mass is 19.1. The van der Waals surface area contributed by atoms with Crippen LogP contribution < -0.4 is 4.74 Å². The number of ether oxygens (including phenoxy) is 2. The van der Waals surface area contributed by atoms with Crippen LogP contribution in [0.15, 0.2) is 54.1 Å². The van der Waals surface area contributed by atoms with Crippen molar-refractivity contribution in [3.8, 4) is 5.75 Å². The van der Waals surface area contributed by atoms with E-state index < -0.39 is 23.5 Å². The van der Waals surface area contributed by atoms with Crippen LogP contribution in [0.3, 0.4) is 0 Å². The van der Waals surface area contributed by atoms with E-state index in [9.17, 15) is 19.1 Å². The molecule has 6 nitrogen and oxygen atoms in total. The zero-order valence-electron chi connectivity index (χ0n) is 17.6. The van der Waals surface area contributed by atoms with E-state index in [1.807, 2.05) is 13.8 Å². The molecular formula is C24H26FNO5. The first-order valence-corrected chi connectivity index (χ1v) is 10.3. The number of carbonyl (C=O) groups excluding carboxylic acids is 2. The zero-order valence-corrected chi connectivity index (χ0v) is 17.6. The Morgan fingerprint density at radius 1 is 1.03 bits per heavy atom. The summed E-state index contributed by atoms with van der Waals surface area (Å²) >= 11 is 0. The summed E-state index contributed by atoms with van der Waals surface area (Å²) in [6.45, 7) is 5.51. The molecule has 0 aromatic heterocycles. The summed E-state index contributed by atoms with van der Waals surface area (Å²) in [5.41, 5.74) is 0.921. The number of amides is 1. The maximum absolute atomic E-state index is 13.5. The van der Waals surface area contributed by atoms with Crippen molar-refractivity contribution >= 4 is 17.4 Å². The molecule has 1 unspecified atom stereocenters. The largest absolute Gasteiger partial charge is 0.507 e. The predicted molar refractivity (Wildman–Crippen MR) is 114 cm³/mol. The number of ketones is 1. The molecule has 164 valence electrons. The summed E-state index contributed by atoms with van der Waals surface area (Å²) in [5, 5.41) is 11.0. The monoisotopic (exact) mass is 427 g/mol. The van der Waals surface area contributed by atoms with Crippen LogP contribution in [0.4, 0.5) is 4.39 Å². The van der Waals surface area contributed by atoms with Gasteiger partial charge in [0.05, 0.1) is 18.2 Å². The van der Waals surface area contributed by atoms with Gasteiger partial charge in [-0.05, 0) is 62.2 Å². The number of nitrogens with zero attached hydrogens (tertiary/aromatic N) is 1. The van der Waals surface area contributed by atoms with Crippen molar-refractivity contribution in [2.24, 2.45) is 0 Å². The third-order valence-corrected chi connectivity index (χ3v) is 5.06. The first-order chi connectivity index (χ1) is 15.0. The number of hydrogen-bond donors (Lipinski definition) is 1. The van der Waals surface area contributed by atoms with Gasteiger partial charge in [-0.3, -0.25) is 9.59 Å². The Hall–Kier alpha value is -3.19. The van der Waals surface area contributed by atoms with Crippen molar-refractivity contribution < 1.29 is 28.6 Å². The van der Waals surface area contributed by atoms with Crippen LogP contribution >= 0.6 is 0 Å². The zero-order chi connectivity index (χ0) is 22.4. The molecular weight excluding hydrogens is 401 g/mol. The molecule has 3 rings (SSSR count). The van der Waals surface area contributed by atoms with Gasteiger partial charge < -0.3 is 19.5 Å². The average Bonchev–Trinajstić information content (AvgIpc) is 3.02. The highest BCUT2D eigenvalue weighted by Crippen LogP contribution is 2.39. The molecule has 1 aliphatic rings. The lowest BCUT2D eigenvalue weighted by atomic mass is 9.95. The lowest BCUT2D eigenvalue weighted by Crippen LogP contribution is -2.31. The van der Waals surface area contributed by atoms with Gasteiger partial charge in [-0.15, -0.1) is 0 Å². The summed E-state index contributed by atoms with van der Waals surface area (Å²) < 4.78 is 24.2. The van der Waals surface area contributed by atoms with Crippen LogP contribution in [0, 0.1) is 5.82 Å². The highest BCUT2D eigenvalue weighted by Gasteiger charge is 2.45. The minimum absolute atomic E-state index is 0.0165. The first-order valence-electron chi connectivity index (χ1n) is 10.3. The van der Waals surface area contributed by atoms with E-state index in [0.717, 1.165) is 0 Å². The van der Waals surface area contributed by atoms with Gasteiger partial charge in [0.2, 0.25) is 0 Å². The second-order valence-corrected chi connectivity index (χ2v) is 7.05. The Kier molecular flexibility index (Phi) is 7.41. The van der Waals surface area contributed by atoms with Crippen LogP contribution in [-0.2, 0) is 14.3 Å². The van der Waals surface area contributed by atoms with Crippen LogP contribution in [0.1, 0.15) is 37.4 Å². The fourth-order valence-corrected chi connectivity index (χ4v) is 3.61. The molecule has 1 aliphatic heterocycles. The lowest BCUT2D eigenvalue weighted by molar-refractivity contribution is -0.140. The van der Waals surface area contributed by atoms with Crippen molar-refractivity contribution in [3.63, 3.8) is 0 Å². The van der Waals surface area contributed by atoms with Gasteiger partial charge in [-0.25, -0.2) is 4.39 Å². The van der Waals surface area contributed by atoms with Gasteiger partial charge in [-0.2, -0.15) is 0 Å². The van der Waals surface area contributed by atoms with Crippen molar-refractivity contribution in [2.75, 3.05) is 26.4 Å². The molecule has 7 heteroatoms. The van der Waals surface area contributed by atoms with E-state index in [-0.39, 0.29) is 17.9 Å². The number of halogens is 1. The minimum atomic E-state index is -0.811. The normalized spacial score (nSPS) is 17.9. The maximum Gasteiger partial charge on any atom is 0.295 e. The molecule has 0 spiro atoms. The predicted octanol–water partition coefficient (Wildman–Crippen LogP) is 4.07. The Morgan fingerprint density at radius 3 is 2.32 bits per heavy atom. The molecule has 1 saturated heterocycles. The SMILES string of the molecule is CCOCCCN1C(=O)C(=O)C(=C(O)c2ccc(OCC)cc2)C1c1ccc(F)cc1. The van der Waals surface area contributed by atoms with E-state index >= 15 is 0 Å². The van der Waals surface area contributed by atoms with Crippen LogP contribution in [-0.4, -0.2) is 48.1 Å². The third-order valence-electron chi connectivity index (χ3n) is 5.06. The van der Waals surface area contributed by atoms with Gasteiger partial charge in [0, 0.05) is 25.3 Å². The van der Waals surface area contributed by atoms with E-state index in [0.29, 0.717) is 43.1 Å². The smallest absolute Gasteiger partial charge is 0.295 e. The number of hydrogen-bond acceptors (Lipinski definition) is 5. The highest BCUT2D eigenvalue weighted by molar-refractivity contribution is 6.46. The molecule has 0 radical (unpaired) electrons. The number of Topliss-reactive ketones (excluding diaryl/α,β-unsaturated/α-hetero) is 1. The average molecular weight is 427 g/mol. The Labute approximate surface area is 180 Å². The number of aliphatic hydroxyl groups is 1. The number of benzene rings is 2. The summed E-state index contributed by atoms with van der Waals surface area (Å²) in [6.07, 6.45) is 0.529. The van der Waals surface area contributed by atoms with Crippen LogP contribution in [0.2, 0.25) is 0 Å². The van der Waals surface area contributed by atoms with E-state index in [1.54, 1.807) is 24.3 Å². The quantitative estimate of drug-likeness (QED) is 0.283. The van der Waals surface area contributed by atoms with Crippen LogP contribution in [0.25, 0.3) is 5.76 Å². The molecule has 2 aromatic rings. The number of rotatable bonds is 9. The lowest BCUT2D eigenvalue weighted by Gasteiger charge is -2.25. The molecule has 1 fully saturated rings. The number of aliphatic hydroxyl groups excluding tert-OH is 1. The third kappa shape index (κ3) is 4.94. The molecule has 0 bridgehead atoms. The van der Waals surface area contributed by atoms with Gasteiger partial charge in [-0.1, -0.05) is 12.1 Å². The van der Waals surface area contributed by atoms with Crippen molar-refractivity contribution in [3.05, 3.63) is 71.0 Å². The molecule has 2 aromatic carbocycles. The molecule has 1 amide bonds. The summed E-state index contributed by atoms with van der Waals surface area (Å²) in [6, 6.07) is 11.4. The molecule has 1 N–H and O–H groups in total. The maximum atomic E-state index is 13.5. The number of likely N-dealkylation sites (tertiary alicyclic amines) is 1. The Balaban J connectivity index is 2.02. The molecule has 0 saturated carbocycles. The second kappa shape index (κ2) is 10.2. The van der Waals surface area contributed by atoms with Gasteiger partial charge in [0.15, 0.2) is 0 Å². The fraction of sp³-hybridized carbons (Fsp3) is 0.333. The van der Waals surface area contributed by atoms with E-state index in [1.165, 1.54) is 29.2 Å². The van der Waals surface area contributed by atoms with Gasteiger partial charge in [0.1, 0.15) is 17.3 Å². The summed E-state index contributed by atoms with van der Waals surface area (Å²) in [7, 11) is 0. The molecule has 0 aliphatic carbocycles. The minimum Gasteiger partial charge on any atom is -0.507 e.